The van der Waals surface area contributed by atoms with Crippen LogP contribution in [0.3, 0.4) is 0 Å². The maximum Gasteiger partial charge on any atom is 0.416 e. The van der Waals surface area contributed by atoms with Gasteiger partial charge in [0.25, 0.3) is 0 Å². The molecule has 0 radical (unpaired) electrons. The zero-order chi connectivity index (χ0) is 16.4. The van der Waals surface area contributed by atoms with Crippen LogP contribution in [0.15, 0.2) is 18.2 Å². The lowest BCUT2D eigenvalue weighted by molar-refractivity contribution is -0.137. The number of halogens is 4. The summed E-state index contributed by atoms with van der Waals surface area (Å²) in [7, 11) is 0. The monoisotopic (exact) mass is 340 g/mol. The minimum absolute atomic E-state index is 0. The smallest absolute Gasteiger partial charge is 0.416 e. The molecule has 1 aromatic carbocycles. The van der Waals surface area contributed by atoms with Gasteiger partial charge >= 0.3 is 12.3 Å². The van der Waals surface area contributed by atoms with Crippen molar-refractivity contribution in [3.8, 4) is 0 Å². The summed E-state index contributed by atoms with van der Waals surface area (Å²) in [6, 6.07) is 2.61. The first-order valence-electron chi connectivity index (χ1n) is 6.36. The van der Waals surface area contributed by atoms with E-state index in [0.717, 1.165) is 12.1 Å². The van der Waals surface area contributed by atoms with E-state index in [9.17, 15) is 18.0 Å². The Kier molecular flexibility index (Phi) is 6.71. The number of hydrogen-bond donors (Lipinski definition) is 2. The van der Waals surface area contributed by atoms with Gasteiger partial charge in [-0.1, -0.05) is 0 Å². The van der Waals surface area contributed by atoms with Gasteiger partial charge in [-0.25, -0.2) is 4.79 Å². The highest BCUT2D eigenvalue weighted by Gasteiger charge is 2.31. The maximum atomic E-state index is 12.8. The molecule has 1 amide bonds. The van der Waals surface area contributed by atoms with Crippen molar-refractivity contribution in [3.05, 3.63) is 29.3 Å². The summed E-state index contributed by atoms with van der Waals surface area (Å²) < 4.78 is 43.5. The summed E-state index contributed by atoms with van der Waals surface area (Å²) in [6.45, 7) is 6.54. The van der Waals surface area contributed by atoms with Crippen molar-refractivity contribution < 1.29 is 22.7 Å². The van der Waals surface area contributed by atoms with Crippen LogP contribution in [0, 0.1) is 0 Å². The van der Waals surface area contributed by atoms with Gasteiger partial charge in [0.1, 0.15) is 5.60 Å². The molecule has 0 fully saturated rings. The lowest BCUT2D eigenvalue weighted by Crippen LogP contribution is -2.27. The fourth-order valence-corrected chi connectivity index (χ4v) is 1.57. The second-order valence-electron chi connectivity index (χ2n) is 5.76. The van der Waals surface area contributed by atoms with Crippen molar-refractivity contribution in [1.29, 1.82) is 0 Å². The lowest BCUT2D eigenvalue weighted by atomic mass is 10.0. The predicted molar refractivity (Wildman–Crippen MR) is 81.2 cm³/mol. The number of alkyl halides is 3. The minimum atomic E-state index is -4.52. The van der Waals surface area contributed by atoms with Crippen molar-refractivity contribution >= 4 is 24.2 Å². The number of hydrogen-bond acceptors (Lipinski definition) is 3. The van der Waals surface area contributed by atoms with E-state index in [0.29, 0.717) is 0 Å². The predicted octanol–water partition coefficient (Wildman–Crippen LogP) is 4.49. The Morgan fingerprint density at radius 3 is 2.18 bits per heavy atom. The van der Waals surface area contributed by atoms with E-state index in [2.05, 4.69) is 5.32 Å². The van der Waals surface area contributed by atoms with Gasteiger partial charge in [-0.05, 0) is 51.5 Å². The van der Waals surface area contributed by atoms with Crippen LogP contribution in [0.2, 0.25) is 0 Å². The molecule has 1 atom stereocenters. The Bertz CT molecular complexity index is 526. The normalized spacial score (nSPS) is 13.1. The number of amides is 1. The summed E-state index contributed by atoms with van der Waals surface area (Å²) in [5, 5.41) is 2.29. The van der Waals surface area contributed by atoms with E-state index in [-0.39, 0.29) is 23.7 Å². The Hall–Kier alpha value is -1.47. The standard InChI is InChI=1S/C14H19F3N2O2.ClH/c1-8(18)9-5-10(14(15,16)17)7-11(6-9)19-12(20)21-13(2,3)4;/h5-8H,18H2,1-4H3,(H,19,20);1H. The molecule has 1 unspecified atom stereocenters. The van der Waals surface area contributed by atoms with Gasteiger partial charge in [0, 0.05) is 11.7 Å². The highest BCUT2D eigenvalue weighted by molar-refractivity contribution is 5.85. The van der Waals surface area contributed by atoms with Gasteiger partial charge < -0.3 is 10.5 Å². The van der Waals surface area contributed by atoms with Crippen LogP contribution in [-0.2, 0) is 10.9 Å². The van der Waals surface area contributed by atoms with Gasteiger partial charge in [-0.15, -0.1) is 12.4 Å². The highest BCUT2D eigenvalue weighted by Crippen LogP contribution is 2.33. The molecule has 0 aliphatic carbocycles. The van der Waals surface area contributed by atoms with Gasteiger partial charge in [-0.2, -0.15) is 13.2 Å². The zero-order valence-corrected chi connectivity index (χ0v) is 13.6. The summed E-state index contributed by atoms with van der Waals surface area (Å²) in [5.74, 6) is 0. The number of ether oxygens (including phenoxy) is 1. The third-order valence-electron chi connectivity index (χ3n) is 2.45. The SMILES string of the molecule is CC(N)c1cc(NC(=O)OC(C)(C)C)cc(C(F)(F)F)c1.Cl. The molecule has 4 nitrogen and oxygen atoms in total. The summed E-state index contributed by atoms with van der Waals surface area (Å²) in [6.07, 6.45) is -5.34. The molecule has 0 saturated carbocycles. The first-order chi connectivity index (χ1) is 9.38. The lowest BCUT2D eigenvalue weighted by Gasteiger charge is -2.20. The van der Waals surface area contributed by atoms with E-state index in [1.807, 2.05) is 0 Å². The van der Waals surface area contributed by atoms with E-state index >= 15 is 0 Å². The van der Waals surface area contributed by atoms with Crippen molar-refractivity contribution in [3.63, 3.8) is 0 Å². The van der Waals surface area contributed by atoms with Crippen molar-refractivity contribution in [2.75, 3.05) is 5.32 Å². The van der Waals surface area contributed by atoms with Crippen LogP contribution in [0.4, 0.5) is 23.7 Å². The van der Waals surface area contributed by atoms with Crippen LogP contribution < -0.4 is 11.1 Å². The molecule has 8 heteroatoms. The quantitative estimate of drug-likeness (QED) is 0.833. The Balaban J connectivity index is 0.00000441. The molecule has 126 valence electrons. The molecule has 0 saturated heterocycles. The van der Waals surface area contributed by atoms with E-state index in [1.165, 1.54) is 6.07 Å². The summed E-state index contributed by atoms with van der Waals surface area (Å²) in [4.78, 5) is 11.6. The average molecular weight is 341 g/mol. The third-order valence-corrected chi connectivity index (χ3v) is 2.45. The Morgan fingerprint density at radius 2 is 1.77 bits per heavy atom. The van der Waals surface area contributed by atoms with Crippen LogP contribution in [0.5, 0.6) is 0 Å². The summed E-state index contributed by atoms with van der Waals surface area (Å²) >= 11 is 0. The number of anilines is 1. The Labute approximate surface area is 133 Å². The maximum absolute atomic E-state index is 12.8. The number of benzene rings is 1. The van der Waals surface area contributed by atoms with E-state index in [1.54, 1.807) is 27.7 Å². The first-order valence-corrected chi connectivity index (χ1v) is 6.36. The van der Waals surface area contributed by atoms with Crippen molar-refractivity contribution in [2.45, 2.75) is 45.5 Å². The van der Waals surface area contributed by atoms with Crippen molar-refractivity contribution in [2.24, 2.45) is 5.73 Å². The number of nitrogens with one attached hydrogen (secondary N) is 1. The van der Waals surface area contributed by atoms with Gasteiger partial charge in [0.15, 0.2) is 0 Å². The highest BCUT2D eigenvalue weighted by atomic mass is 35.5. The molecule has 0 heterocycles. The van der Waals surface area contributed by atoms with Gasteiger partial charge in [0.05, 0.1) is 5.56 Å². The fraction of sp³-hybridized carbons (Fsp3) is 0.500. The van der Waals surface area contributed by atoms with E-state index in [4.69, 9.17) is 10.5 Å². The molecule has 0 aliphatic rings. The number of carbonyl (C=O) groups excluding carboxylic acids is 1. The van der Waals surface area contributed by atoms with Crippen LogP contribution in [0.25, 0.3) is 0 Å². The Morgan fingerprint density at radius 1 is 1.23 bits per heavy atom. The third kappa shape index (κ3) is 6.53. The fourth-order valence-electron chi connectivity index (χ4n) is 1.57. The van der Waals surface area contributed by atoms with E-state index < -0.39 is 29.5 Å². The second-order valence-corrected chi connectivity index (χ2v) is 5.76. The molecular weight excluding hydrogens is 321 g/mol. The molecule has 1 aromatic rings. The van der Waals surface area contributed by atoms with Crippen LogP contribution >= 0.6 is 12.4 Å². The molecule has 22 heavy (non-hydrogen) atoms. The van der Waals surface area contributed by atoms with Crippen LogP contribution in [-0.4, -0.2) is 11.7 Å². The molecule has 3 N–H and O–H groups in total. The number of carbonyl (C=O) groups is 1. The van der Waals surface area contributed by atoms with Crippen LogP contribution in [0.1, 0.15) is 44.9 Å². The topological polar surface area (TPSA) is 64.3 Å². The number of nitrogens with two attached hydrogens (primary N) is 1. The molecule has 0 aromatic heterocycles. The second kappa shape index (κ2) is 7.19. The molecular formula is C14H20ClF3N2O2. The molecule has 1 rings (SSSR count). The largest absolute Gasteiger partial charge is 0.444 e. The number of rotatable bonds is 2. The van der Waals surface area contributed by atoms with Crippen molar-refractivity contribution in [1.82, 2.24) is 0 Å². The zero-order valence-electron chi connectivity index (χ0n) is 12.7. The summed E-state index contributed by atoms with van der Waals surface area (Å²) in [5.41, 5.74) is 4.27. The van der Waals surface area contributed by atoms with Gasteiger partial charge in [0.2, 0.25) is 0 Å². The molecule has 0 spiro atoms. The molecule has 0 bridgehead atoms. The van der Waals surface area contributed by atoms with Gasteiger partial charge in [-0.3, -0.25) is 5.32 Å². The average Bonchev–Trinajstić information content (AvgIpc) is 2.24. The first kappa shape index (κ1) is 20.5. The minimum Gasteiger partial charge on any atom is -0.444 e. The molecule has 0 aliphatic heterocycles.